The van der Waals surface area contributed by atoms with Gasteiger partial charge in [0.25, 0.3) is 0 Å². The maximum atomic E-state index is 11.9. The summed E-state index contributed by atoms with van der Waals surface area (Å²) in [6.45, 7) is 6.85. The summed E-state index contributed by atoms with van der Waals surface area (Å²) in [7, 11) is 0. The van der Waals surface area contributed by atoms with Gasteiger partial charge >= 0.3 is 6.03 Å². The first kappa shape index (κ1) is 17.4. The van der Waals surface area contributed by atoms with Crippen molar-refractivity contribution in [1.82, 2.24) is 5.32 Å². The number of amides is 2. The second-order valence-corrected chi connectivity index (χ2v) is 5.58. The number of nitrogens with one attached hydrogen (secondary N) is 2. The molecule has 0 fully saturated rings. The third-order valence-electron chi connectivity index (χ3n) is 3.76. The Morgan fingerprint density at radius 2 is 1.92 bits per heavy atom. The number of carbonyl (C=O) groups excluding carboxylic acids is 1. The SMILES string of the molecule is Cc1ccc(C)c(OCCNC(=O)Nc2cccc(C#N)c2)c1C. The molecule has 0 aliphatic rings. The van der Waals surface area contributed by atoms with Gasteiger partial charge in [-0.25, -0.2) is 4.79 Å². The number of rotatable bonds is 5. The van der Waals surface area contributed by atoms with Crippen LogP contribution in [-0.4, -0.2) is 19.2 Å². The minimum atomic E-state index is -0.327. The number of benzene rings is 2. The van der Waals surface area contributed by atoms with Gasteiger partial charge in [0.1, 0.15) is 12.4 Å². The molecule has 5 nitrogen and oxygen atoms in total. The molecule has 2 rings (SSSR count). The number of hydrogen-bond acceptors (Lipinski definition) is 3. The van der Waals surface area contributed by atoms with E-state index < -0.39 is 0 Å². The van der Waals surface area contributed by atoms with Crippen molar-refractivity contribution in [3.8, 4) is 11.8 Å². The van der Waals surface area contributed by atoms with E-state index in [0.29, 0.717) is 24.4 Å². The first-order valence-corrected chi connectivity index (χ1v) is 7.76. The van der Waals surface area contributed by atoms with Crippen LogP contribution in [0, 0.1) is 32.1 Å². The second kappa shape index (κ2) is 8.02. The third-order valence-corrected chi connectivity index (χ3v) is 3.76. The molecule has 0 spiro atoms. The first-order chi connectivity index (χ1) is 11.5. The standard InChI is InChI=1S/C19H21N3O2/c1-13-7-8-14(2)18(15(13)3)24-10-9-21-19(23)22-17-6-4-5-16(11-17)12-20/h4-8,11H,9-10H2,1-3H3,(H2,21,22,23). The number of nitriles is 1. The van der Waals surface area contributed by atoms with Gasteiger partial charge in [-0.3, -0.25) is 0 Å². The molecule has 2 amide bonds. The normalized spacial score (nSPS) is 9.92. The van der Waals surface area contributed by atoms with Gasteiger partial charge in [0.05, 0.1) is 18.2 Å². The van der Waals surface area contributed by atoms with Crippen LogP contribution in [0.25, 0.3) is 0 Å². The molecule has 0 heterocycles. The summed E-state index contributed by atoms with van der Waals surface area (Å²) in [6, 6.07) is 12.6. The Balaban J connectivity index is 1.81. The predicted octanol–water partition coefficient (Wildman–Crippen LogP) is 3.68. The van der Waals surface area contributed by atoms with E-state index >= 15 is 0 Å². The number of hydrogen-bond donors (Lipinski definition) is 2. The molecule has 24 heavy (non-hydrogen) atoms. The maximum Gasteiger partial charge on any atom is 0.319 e. The van der Waals surface area contributed by atoms with Crippen molar-refractivity contribution in [1.29, 1.82) is 5.26 Å². The number of urea groups is 1. The van der Waals surface area contributed by atoms with Crippen LogP contribution >= 0.6 is 0 Å². The zero-order valence-electron chi connectivity index (χ0n) is 14.1. The average Bonchev–Trinajstić information content (AvgIpc) is 2.58. The van der Waals surface area contributed by atoms with Crippen LogP contribution < -0.4 is 15.4 Å². The molecular weight excluding hydrogens is 302 g/mol. The molecule has 0 aromatic heterocycles. The first-order valence-electron chi connectivity index (χ1n) is 7.76. The quantitative estimate of drug-likeness (QED) is 0.824. The van der Waals surface area contributed by atoms with E-state index in [1.54, 1.807) is 24.3 Å². The van der Waals surface area contributed by atoms with E-state index in [1.807, 2.05) is 32.9 Å². The lowest BCUT2D eigenvalue weighted by atomic mass is 10.1. The second-order valence-electron chi connectivity index (χ2n) is 5.58. The van der Waals surface area contributed by atoms with Crippen LogP contribution in [0.5, 0.6) is 5.75 Å². The van der Waals surface area contributed by atoms with E-state index in [2.05, 4.69) is 16.7 Å². The topological polar surface area (TPSA) is 74.2 Å². The molecule has 0 unspecified atom stereocenters. The predicted molar refractivity (Wildman–Crippen MR) is 94.3 cm³/mol. The third kappa shape index (κ3) is 4.50. The highest BCUT2D eigenvalue weighted by Gasteiger charge is 2.07. The number of anilines is 1. The van der Waals surface area contributed by atoms with Crippen LogP contribution in [-0.2, 0) is 0 Å². The monoisotopic (exact) mass is 323 g/mol. The summed E-state index contributed by atoms with van der Waals surface area (Å²) in [5, 5.41) is 14.3. The fraction of sp³-hybridized carbons (Fsp3) is 0.263. The summed E-state index contributed by atoms with van der Waals surface area (Å²) in [6.07, 6.45) is 0. The Bertz CT molecular complexity index is 779. The molecule has 0 aliphatic heterocycles. The average molecular weight is 323 g/mol. The lowest BCUT2D eigenvalue weighted by Gasteiger charge is -2.14. The molecule has 2 N–H and O–H groups in total. The van der Waals surface area contributed by atoms with Gasteiger partial charge in [0.15, 0.2) is 0 Å². The van der Waals surface area contributed by atoms with Crippen molar-refractivity contribution in [3.63, 3.8) is 0 Å². The molecule has 0 saturated carbocycles. The highest BCUT2D eigenvalue weighted by molar-refractivity contribution is 5.89. The minimum absolute atomic E-state index is 0.327. The summed E-state index contributed by atoms with van der Waals surface area (Å²) >= 11 is 0. The molecule has 0 aliphatic carbocycles. The van der Waals surface area contributed by atoms with Crippen molar-refractivity contribution in [2.24, 2.45) is 0 Å². The smallest absolute Gasteiger partial charge is 0.319 e. The summed E-state index contributed by atoms with van der Waals surface area (Å²) in [5.74, 6) is 0.874. The molecule has 0 atom stereocenters. The van der Waals surface area contributed by atoms with E-state index in [9.17, 15) is 4.79 Å². The highest BCUT2D eigenvalue weighted by Crippen LogP contribution is 2.25. The van der Waals surface area contributed by atoms with Crippen molar-refractivity contribution in [2.45, 2.75) is 20.8 Å². The number of aryl methyl sites for hydroxylation is 2. The van der Waals surface area contributed by atoms with Gasteiger partial charge in [0, 0.05) is 5.69 Å². The van der Waals surface area contributed by atoms with Gasteiger partial charge in [-0.05, 0) is 55.7 Å². The Hall–Kier alpha value is -3.00. The summed E-state index contributed by atoms with van der Waals surface area (Å²) in [4.78, 5) is 11.9. The molecule has 0 saturated heterocycles. The minimum Gasteiger partial charge on any atom is -0.491 e. The fourth-order valence-corrected chi connectivity index (χ4v) is 2.31. The van der Waals surface area contributed by atoms with Crippen LogP contribution in [0.15, 0.2) is 36.4 Å². The van der Waals surface area contributed by atoms with Gasteiger partial charge in [-0.2, -0.15) is 5.26 Å². The number of carbonyl (C=O) groups is 1. The van der Waals surface area contributed by atoms with E-state index in [-0.39, 0.29) is 6.03 Å². The van der Waals surface area contributed by atoms with Crippen LogP contribution in [0.3, 0.4) is 0 Å². The lowest BCUT2D eigenvalue weighted by molar-refractivity contribution is 0.247. The molecule has 5 heteroatoms. The fourth-order valence-electron chi connectivity index (χ4n) is 2.31. The van der Waals surface area contributed by atoms with Crippen LogP contribution in [0.1, 0.15) is 22.3 Å². The molecule has 124 valence electrons. The van der Waals surface area contributed by atoms with Gasteiger partial charge < -0.3 is 15.4 Å². The summed E-state index contributed by atoms with van der Waals surface area (Å²) < 4.78 is 5.80. The molecule has 0 radical (unpaired) electrons. The Kier molecular flexibility index (Phi) is 5.80. The van der Waals surface area contributed by atoms with E-state index in [0.717, 1.165) is 16.9 Å². The highest BCUT2D eigenvalue weighted by atomic mass is 16.5. The van der Waals surface area contributed by atoms with E-state index in [1.165, 1.54) is 5.56 Å². The van der Waals surface area contributed by atoms with Gasteiger partial charge in [-0.1, -0.05) is 18.2 Å². The van der Waals surface area contributed by atoms with Gasteiger partial charge in [0.2, 0.25) is 0 Å². The lowest BCUT2D eigenvalue weighted by Crippen LogP contribution is -2.32. The Labute approximate surface area is 142 Å². The summed E-state index contributed by atoms with van der Waals surface area (Å²) in [5.41, 5.74) is 4.46. The Morgan fingerprint density at radius 3 is 2.67 bits per heavy atom. The molecule has 2 aromatic carbocycles. The largest absolute Gasteiger partial charge is 0.491 e. The maximum absolute atomic E-state index is 11.9. The zero-order chi connectivity index (χ0) is 17.5. The van der Waals surface area contributed by atoms with Crippen molar-refractivity contribution < 1.29 is 9.53 Å². The van der Waals surface area contributed by atoms with E-state index in [4.69, 9.17) is 10.00 Å². The van der Waals surface area contributed by atoms with Gasteiger partial charge in [-0.15, -0.1) is 0 Å². The molecule has 2 aromatic rings. The zero-order valence-corrected chi connectivity index (χ0v) is 14.1. The molecule has 0 bridgehead atoms. The number of nitrogens with zero attached hydrogens (tertiary/aromatic N) is 1. The van der Waals surface area contributed by atoms with Crippen LogP contribution in [0.4, 0.5) is 10.5 Å². The Morgan fingerprint density at radius 1 is 1.17 bits per heavy atom. The van der Waals surface area contributed by atoms with Crippen molar-refractivity contribution in [2.75, 3.05) is 18.5 Å². The molecular formula is C19H21N3O2. The number of ether oxygens (including phenoxy) is 1. The van der Waals surface area contributed by atoms with Crippen molar-refractivity contribution in [3.05, 3.63) is 58.7 Å². The van der Waals surface area contributed by atoms with Crippen LogP contribution in [0.2, 0.25) is 0 Å². The van der Waals surface area contributed by atoms with Crippen molar-refractivity contribution >= 4 is 11.7 Å².